The zero-order valence-electron chi connectivity index (χ0n) is 8.33. The summed E-state index contributed by atoms with van der Waals surface area (Å²) in [6.45, 7) is 3.58. The Hall–Kier alpha value is -1.78. The minimum absolute atomic E-state index is 0.0157. The standard InChI is InChI=1S/C10H9F2N3/c1-6-3-7(2)15(14-6)10-9(12)4-8(11)5-13-10/h3-5H,1-2H3. The molecule has 2 aromatic heterocycles. The van der Waals surface area contributed by atoms with Gasteiger partial charge in [0.25, 0.3) is 0 Å². The molecule has 3 nitrogen and oxygen atoms in total. The highest BCUT2D eigenvalue weighted by atomic mass is 19.1. The first-order valence-corrected chi connectivity index (χ1v) is 4.42. The average Bonchev–Trinajstić information content (AvgIpc) is 2.45. The summed E-state index contributed by atoms with van der Waals surface area (Å²) < 4.78 is 27.4. The number of aryl methyl sites for hydroxylation is 2. The first-order chi connectivity index (χ1) is 7.08. The van der Waals surface area contributed by atoms with Crippen molar-refractivity contribution < 1.29 is 8.78 Å². The van der Waals surface area contributed by atoms with Crippen LogP contribution in [0.4, 0.5) is 8.78 Å². The maximum Gasteiger partial charge on any atom is 0.190 e. The lowest BCUT2D eigenvalue weighted by Gasteiger charge is -2.03. The van der Waals surface area contributed by atoms with Gasteiger partial charge < -0.3 is 0 Å². The fraction of sp³-hybridized carbons (Fsp3) is 0.200. The molecule has 5 heteroatoms. The first-order valence-electron chi connectivity index (χ1n) is 4.42. The third-order valence-electron chi connectivity index (χ3n) is 2.00. The maximum absolute atomic E-state index is 13.4. The highest BCUT2D eigenvalue weighted by molar-refractivity contribution is 5.27. The zero-order valence-corrected chi connectivity index (χ0v) is 8.33. The van der Waals surface area contributed by atoms with E-state index in [-0.39, 0.29) is 5.82 Å². The molecular weight excluding hydrogens is 200 g/mol. The van der Waals surface area contributed by atoms with Crippen LogP contribution in [0.2, 0.25) is 0 Å². The van der Waals surface area contributed by atoms with E-state index in [4.69, 9.17) is 0 Å². The van der Waals surface area contributed by atoms with Crippen LogP contribution < -0.4 is 0 Å². The van der Waals surface area contributed by atoms with Crippen LogP contribution in [0.25, 0.3) is 5.82 Å². The molecular formula is C10H9F2N3. The average molecular weight is 209 g/mol. The largest absolute Gasteiger partial charge is 0.231 e. The van der Waals surface area contributed by atoms with Crippen LogP contribution in [0, 0.1) is 25.5 Å². The highest BCUT2D eigenvalue weighted by Crippen LogP contribution is 2.13. The van der Waals surface area contributed by atoms with Crippen LogP contribution in [-0.2, 0) is 0 Å². The molecule has 0 saturated heterocycles. The van der Waals surface area contributed by atoms with Crippen molar-refractivity contribution in [1.82, 2.24) is 14.8 Å². The van der Waals surface area contributed by atoms with Gasteiger partial charge in [0, 0.05) is 11.8 Å². The van der Waals surface area contributed by atoms with Crippen molar-refractivity contribution in [2.45, 2.75) is 13.8 Å². The van der Waals surface area contributed by atoms with Gasteiger partial charge in [-0.15, -0.1) is 0 Å². The summed E-state index contributed by atoms with van der Waals surface area (Å²) in [6.07, 6.45) is 0.967. The van der Waals surface area contributed by atoms with Gasteiger partial charge in [0.05, 0.1) is 11.9 Å². The van der Waals surface area contributed by atoms with E-state index in [1.54, 1.807) is 19.9 Å². The molecule has 0 saturated carbocycles. The highest BCUT2D eigenvalue weighted by Gasteiger charge is 2.11. The number of nitrogens with zero attached hydrogens (tertiary/aromatic N) is 3. The summed E-state index contributed by atoms with van der Waals surface area (Å²) >= 11 is 0. The lowest BCUT2D eigenvalue weighted by Crippen LogP contribution is -2.05. The number of rotatable bonds is 1. The molecule has 0 atom stereocenters. The van der Waals surface area contributed by atoms with Crippen LogP contribution in [0.1, 0.15) is 11.4 Å². The SMILES string of the molecule is Cc1cc(C)n(-c2ncc(F)cc2F)n1. The Labute approximate surface area is 85.4 Å². The van der Waals surface area contributed by atoms with E-state index in [1.165, 1.54) is 4.68 Å². The van der Waals surface area contributed by atoms with Gasteiger partial charge in [0.15, 0.2) is 11.6 Å². The number of hydrogen-bond acceptors (Lipinski definition) is 2. The summed E-state index contributed by atoms with van der Waals surface area (Å²) in [7, 11) is 0. The Morgan fingerprint density at radius 2 is 1.93 bits per heavy atom. The van der Waals surface area contributed by atoms with Gasteiger partial charge in [0.2, 0.25) is 0 Å². The Bertz CT molecular complexity index is 505. The molecule has 2 heterocycles. The van der Waals surface area contributed by atoms with Gasteiger partial charge in [-0.3, -0.25) is 0 Å². The van der Waals surface area contributed by atoms with E-state index in [2.05, 4.69) is 10.1 Å². The Morgan fingerprint density at radius 3 is 2.47 bits per heavy atom. The molecule has 0 radical (unpaired) electrons. The summed E-state index contributed by atoms with van der Waals surface area (Å²) in [5.41, 5.74) is 1.52. The molecule has 0 spiro atoms. The van der Waals surface area contributed by atoms with E-state index in [9.17, 15) is 8.78 Å². The smallest absolute Gasteiger partial charge is 0.190 e. The van der Waals surface area contributed by atoms with Crippen LogP contribution in [0.5, 0.6) is 0 Å². The van der Waals surface area contributed by atoms with Gasteiger partial charge >= 0.3 is 0 Å². The molecule has 2 rings (SSSR count). The van der Waals surface area contributed by atoms with Gasteiger partial charge in [-0.25, -0.2) is 18.4 Å². The molecule has 0 bridgehead atoms. The topological polar surface area (TPSA) is 30.7 Å². The number of pyridine rings is 1. The summed E-state index contributed by atoms with van der Waals surface area (Å²) in [6, 6.07) is 2.59. The van der Waals surface area contributed by atoms with E-state index in [0.29, 0.717) is 0 Å². The van der Waals surface area contributed by atoms with Crippen molar-refractivity contribution in [1.29, 1.82) is 0 Å². The van der Waals surface area contributed by atoms with Crippen LogP contribution >= 0.6 is 0 Å². The monoisotopic (exact) mass is 209 g/mol. The maximum atomic E-state index is 13.4. The third-order valence-corrected chi connectivity index (χ3v) is 2.00. The molecule has 15 heavy (non-hydrogen) atoms. The Morgan fingerprint density at radius 1 is 1.20 bits per heavy atom. The van der Waals surface area contributed by atoms with E-state index < -0.39 is 11.6 Å². The van der Waals surface area contributed by atoms with Gasteiger partial charge in [0.1, 0.15) is 5.82 Å². The normalized spacial score (nSPS) is 10.7. The molecule has 0 aliphatic heterocycles. The second kappa shape index (κ2) is 3.42. The summed E-state index contributed by atoms with van der Waals surface area (Å²) in [5, 5.41) is 4.06. The van der Waals surface area contributed by atoms with Crippen molar-refractivity contribution >= 4 is 0 Å². The van der Waals surface area contributed by atoms with Gasteiger partial charge in [-0.05, 0) is 19.9 Å². The molecule has 0 unspecified atom stereocenters. The minimum Gasteiger partial charge on any atom is -0.231 e. The number of aromatic nitrogens is 3. The Balaban J connectivity index is 2.59. The second-order valence-electron chi connectivity index (χ2n) is 3.30. The van der Waals surface area contributed by atoms with Crippen LogP contribution in [0.15, 0.2) is 18.3 Å². The zero-order chi connectivity index (χ0) is 11.0. The molecule has 0 fully saturated rings. The lowest BCUT2D eigenvalue weighted by atomic mass is 10.4. The van der Waals surface area contributed by atoms with Crippen LogP contribution in [0.3, 0.4) is 0 Å². The molecule has 0 amide bonds. The van der Waals surface area contributed by atoms with Crippen LogP contribution in [-0.4, -0.2) is 14.8 Å². The van der Waals surface area contributed by atoms with Crippen molar-refractivity contribution in [3.63, 3.8) is 0 Å². The second-order valence-corrected chi connectivity index (χ2v) is 3.30. The lowest BCUT2D eigenvalue weighted by molar-refractivity contribution is 0.558. The molecule has 2 aromatic rings. The third kappa shape index (κ3) is 1.72. The number of hydrogen-bond donors (Lipinski definition) is 0. The number of halogens is 2. The quantitative estimate of drug-likeness (QED) is 0.720. The predicted molar refractivity (Wildman–Crippen MR) is 50.7 cm³/mol. The molecule has 0 aromatic carbocycles. The van der Waals surface area contributed by atoms with Crippen molar-refractivity contribution in [2.24, 2.45) is 0 Å². The summed E-state index contributed by atoms with van der Waals surface area (Å²) in [5.74, 6) is -1.40. The molecule has 78 valence electrons. The summed E-state index contributed by atoms with van der Waals surface area (Å²) in [4.78, 5) is 3.67. The fourth-order valence-corrected chi connectivity index (χ4v) is 1.41. The van der Waals surface area contributed by atoms with Crippen molar-refractivity contribution in [3.8, 4) is 5.82 Å². The first kappa shape index (κ1) is 9.76. The molecule has 0 aliphatic rings. The van der Waals surface area contributed by atoms with Crippen molar-refractivity contribution in [2.75, 3.05) is 0 Å². The van der Waals surface area contributed by atoms with Gasteiger partial charge in [-0.2, -0.15) is 5.10 Å². The van der Waals surface area contributed by atoms with Gasteiger partial charge in [-0.1, -0.05) is 0 Å². The Kier molecular flexibility index (Phi) is 2.22. The molecule has 0 N–H and O–H groups in total. The van der Waals surface area contributed by atoms with E-state index in [1.807, 2.05) is 0 Å². The van der Waals surface area contributed by atoms with Crippen molar-refractivity contribution in [3.05, 3.63) is 41.4 Å². The molecule has 0 aliphatic carbocycles. The minimum atomic E-state index is -0.721. The fourth-order valence-electron chi connectivity index (χ4n) is 1.41. The predicted octanol–water partition coefficient (Wildman–Crippen LogP) is 2.16. The van der Waals surface area contributed by atoms with E-state index >= 15 is 0 Å². The van der Waals surface area contributed by atoms with E-state index in [0.717, 1.165) is 23.7 Å².